The van der Waals surface area contributed by atoms with Crippen LogP contribution in [0.4, 0.5) is 0 Å². The van der Waals surface area contributed by atoms with E-state index in [-0.39, 0.29) is 11.8 Å². The standard InChI is InChI=1S/C30H39N3O4/c1-21-17-26(36-3)27(37-4)18-25(21)28(34)32-22(2)33-15-13-30(14-16-33,19-23-9-6-5-7-10-23)29(35)31-20-24-11-8-12-24/h5-7,9-10,17-18,24H,2,8,11-16,19-20H2,1,3-4H3,(H,31,35)(H,32,34). The van der Waals surface area contributed by atoms with Gasteiger partial charge in [-0.25, -0.2) is 0 Å². The molecule has 2 aromatic rings. The minimum absolute atomic E-state index is 0.151. The molecule has 0 bridgehead atoms. The van der Waals surface area contributed by atoms with Crippen molar-refractivity contribution in [3.63, 3.8) is 0 Å². The number of amides is 2. The van der Waals surface area contributed by atoms with Crippen molar-refractivity contribution in [2.75, 3.05) is 33.9 Å². The van der Waals surface area contributed by atoms with Gasteiger partial charge in [-0.05, 0) is 68.2 Å². The fraction of sp³-hybridized carbons (Fsp3) is 0.467. The van der Waals surface area contributed by atoms with Crippen LogP contribution in [-0.2, 0) is 11.2 Å². The molecule has 7 nitrogen and oxygen atoms in total. The number of likely N-dealkylation sites (tertiary alicyclic amines) is 1. The summed E-state index contributed by atoms with van der Waals surface area (Å²) in [7, 11) is 3.12. The smallest absolute Gasteiger partial charge is 0.257 e. The Morgan fingerprint density at radius 1 is 1.05 bits per heavy atom. The van der Waals surface area contributed by atoms with Gasteiger partial charge in [0.2, 0.25) is 5.91 Å². The zero-order valence-electron chi connectivity index (χ0n) is 22.3. The van der Waals surface area contributed by atoms with E-state index in [4.69, 9.17) is 9.47 Å². The number of carbonyl (C=O) groups excluding carboxylic acids is 2. The molecule has 1 aliphatic heterocycles. The molecule has 2 fully saturated rings. The third kappa shape index (κ3) is 6.09. The Bertz CT molecular complexity index is 1120. The topological polar surface area (TPSA) is 79.9 Å². The molecule has 1 saturated heterocycles. The predicted octanol–water partition coefficient (Wildman–Crippen LogP) is 4.45. The third-order valence-corrected chi connectivity index (χ3v) is 7.98. The van der Waals surface area contributed by atoms with Crippen molar-refractivity contribution in [1.82, 2.24) is 15.5 Å². The van der Waals surface area contributed by atoms with Gasteiger partial charge in [0.1, 0.15) is 5.82 Å². The fourth-order valence-electron chi connectivity index (χ4n) is 5.30. The van der Waals surface area contributed by atoms with E-state index in [1.807, 2.05) is 25.1 Å². The number of rotatable bonds is 10. The molecule has 1 heterocycles. The number of nitrogens with zero attached hydrogens (tertiary/aromatic N) is 1. The van der Waals surface area contributed by atoms with Crippen LogP contribution >= 0.6 is 0 Å². The molecule has 1 aliphatic carbocycles. The van der Waals surface area contributed by atoms with E-state index in [2.05, 4.69) is 34.2 Å². The molecule has 4 rings (SSSR count). The molecule has 2 aromatic carbocycles. The highest BCUT2D eigenvalue weighted by molar-refractivity contribution is 5.97. The second-order valence-electron chi connectivity index (χ2n) is 10.4. The van der Waals surface area contributed by atoms with Crippen LogP contribution in [-0.4, -0.2) is 50.6 Å². The maximum absolute atomic E-state index is 13.5. The number of benzene rings is 2. The summed E-state index contributed by atoms with van der Waals surface area (Å²) in [5.41, 5.74) is 1.99. The molecule has 0 aromatic heterocycles. The van der Waals surface area contributed by atoms with Gasteiger partial charge in [0.15, 0.2) is 11.5 Å². The van der Waals surface area contributed by atoms with Gasteiger partial charge >= 0.3 is 0 Å². The molecule has 0 spiro atoms. The second kappa shape index (κ2) is 11.7. The lowest BCUT2D eigenvalue weighted by atomic mass is 9.72. The first kappa shape index (κ1) is 26.6. The normalized spacial score (nSPS) is 16.9. The Morgan fingerprint density at radius 2 is 1.70 bits per heavy atom. The van der Waals surface area contributed by atoms with Crippen LogP contribution in [0.15, 0.2) is 54.9 Å². The summed E-state index contributed by atoms with van der Waals surface area (Å²) in [4.78, 5) is 28.7. The number of nitrogens with one attached hydrogen (secondary N) is 2. The average molecular weight is 506 g/mol. The fourth-order valence-corrected chi connectivity index (χ4v) is 5.30. The Kier molecular flexibility index (Phi) is 8.41. The van der Waals surface area contributed by atoms with Crippen molar-refractivity contribution < 1.29 is 19.1 Å². The Morgan fingerprint density at radius 3 is 2.30 bits per heavy atom. The lowest BCUT2D eigenvalue weighted by Crippen LogP contribution is -2.51. The maximum Gasteiger partial charge on any atom is 0.257 e. The van der Waals surface area contributed by atoms with Gasteiger partial charge in [-0.2, -0.15) is 0 Å². The van der Waals surface area contributed by atoms with Gasteiger partial charge in [-0.3, -0.25) is 9.59 Å². The summed E-state index contributed by atoms with van der Waals surface area (Å²) < 4.78 is 10.7. The number of hydrogen-bond donors (Lipinski definition) is 2. The number of ether oxygens (including phenoxy) is 2. The molecule has 7 heteroatoms. The molecule has 0 unspecified atom stereocenters. The molecule has 1 saturated carbocycles. The van der Waals surface area contributed by atoms with Gasteiger partial charge in [-0.1, -0.05) is 43.3 Å². The zero-order chi connectivity index (χ0) is 26.4. The van der Waals surface area contributed by atoms with Crippen molar-refractivity contribution >= 4 is 11.8 Å². The molecule has 0 atom stereocenters. The number of piperidine rings is 1. The summed E-state index contributed by atoms with van der Waals surface area (Å²) in [6.45, 7) is 8.07. The highest BCUT2D eigenvalue weighted by atomic mass is 16.5. The van der Waals surface area contributed by atoms with E-state index in [1.165, 1.54) is 24.8 Å². The van der Waals surface area contributed by atoms with Gasteiger partial charge < -0.3 is 25.0 Å². The molecule has 198 valence electrons. The monoisotopic (exact) mass is 505 g/mol. The summed E-state index contributed by atoms with van der Waals surface area (Å²) >= 11 is 0. The van der Waals surface area contributed by atoms with Gasteiger partial charge in [0.25, 0.3) is 5.91 Å². The molecule has 37 heavy (non-hydrogen) atoms. The maximum atomic E-state index is 13.5. The summed E-state index contributed by atoms with van der Waals surface area (Å²) in [5.74, 6) is 2.15. The van der Waals surface area contributed by atoms with E-state index in [0.717, 1.165) is 12.1 Å². The van der Waals surface area contributed by atoms with E-state index in [1.54, 1.807) is 26.4 Å². The molecule has 2 amide bonds. The van der Waals surface area contributed by atoms with Crippen LogP contribution in [0.3, 0.4) is 0 Å². The van der Waals surface area contributed by atoms with Gasteiger partial charge in [0, 0.05) is 25.2 Å². The number of aryl methyl sites for hydroxylation is 1. The van der Waals surface area contributed by atoms with Crippen LogP contribution in [0, 0.1) is 18.3 Å². The minimum Gasteiger partial charge on any atom is -0.493 e. The largest absolute Gasteiger partial charge is 0.493 e. The molecule has 2 aliphatic rings. The van der Waals surface area contributed by atoms with Crippen LogP contribution in [0.5, 0.6) is 11.5 Å². The lowest BCUT2D eigenvalue weighted by Gasteiger charge is -2.42. The number of hydrogen-bond acceptors (Lipinski definition) is 5. The van der Waals surface area contributed by atoms with Crippen LogP contribution in [0.25, 0.3) is 0 Å². The summed E-state index contributed by atoms with van der Waals surface area (Å²) in [6, 6.07) is 13.7. The number of methoxy groups -OCH3 is 2. The summed E-state index contributed by atoms with van der Waals surface area (Å²) in [6.07, 6.45) is 5.78. The predicted molar refractivity (Wildman–Crippen MR) is 145 cm³/mol. The second-order valence-corrected chi connectivity index (χ2v) is 10.4. The van der Waals surface area contributed by atoms with E-state index < -0.39 is 5.41 Å². The Hall–Kier alpha value is -3.48. The first-order valence-corrected chi connectivity index (χ1v) is 13.2. The lowest BCUT2D eigenvalue weighted by molar-refractivity contribution is -0.134. The van der Waals surface area contributed by atoms with Crippen molar-refractivity contribution in [3.05, 3.63) is 71.6 Å². The highest BCUT2D eigenvalue weighted by Crippen LogP contribution is 2.37. The van der Waals surface area contributed by atoms with Gasteiger partial charge in [-0.15, -0.1) is 0 Å². The van der Waals surface area contributed by atoms with Crippen LogP contribution < -0.4 is 20.1 Å². The SMILES string of the molecule is C=C(NC(=O)c1cc(OC)c(OC)cc1C)N1CCC(Cc2ccccc2)(C(=O)NCC2CCC2)CC1. The molecule has 2 N–H and O–H groups in total. The minimum atomic E-state index is -0.466. The summed E-state index contributed by atoms with van der Waals surface area (Å²) in [5, 5.41) is 6.22. The van der Waals surface area contributed by atoms with E-state index in [0.29, 0.717) is 61.2 Å². The van der Waals surface area contributed by atoms with Crippen molar-refractivity contribution in [2.24, 2.45) is 11.3 Å². The van der Waals surface area contributed by atoms with Gasteiger partial charge in [0.05, 0.1) is 19.6 Å². The van der Waals surface area contributed by atoms with Crippen molar-refractivity contribution in [2.45, 2.75) is 45.4 Å². The molecule has 0 radical (unpaired) electrons. The third-order valence-electron chi connectivity index (χ3n) is 7.98. The quantitative estimate of drug-likeness (QED) is 0.499. The van der Waals surface area contributed by atoms with E-state index in [9.17, 15) is 9.59 Å². The van der Waals surface area contributed by atoms with Crippen molar-refractivity contribution in [3.8, 4) is 11.5 Å². The highest BCUT2D eigenvalue weighted by Gasteiger charge is 2.42. The first-order valence-electron chi connectivity index (χ1n) is 13.2. The van der Waals surface area contributed by atoms with Crippen LogP contribution in [0.1, 0.15) is 53.6 Å². The average Bonchev–Trinajstić information content (AvgIpc) is 2.88. The molecular formula is C30H39N3O4. The first-order chi connectivity index (χ1) is 17.8. The zero-order valence-corrected chi connectivity index (χ0v) is 22.3. The Labute approximate surface area is 220 Å². The van der Waals surface area contributed by atoms with Crippen molar-refractivity contribution in [1.29, 1.82) is 0 Å². The van der Waals surface area contributed by atoms with Crippen LogP contribution in [0.2, 0.25) is 0 Å². The molecular weight excluding hydrogens is 466 g/mol. The number of carbonyl (C=O) groups is 2. The van der Waals surface area contributed by atoms with E-state index >= 15 is 0 Å². The Balaban J connectivity index is 1.41.